The van der Waals surface area contributed by atoms with Gasteiger partial charge in [-0.1, -0.05) is 0 Å². The second kappa shape index (κ2) is 5.28. The van der Waals surface area contributed by atoms with Crippen LogP contribution >= 0.6 is 0 Å². The fourth-order valence-corrected chi connectivity index (χ4v) is 3.55. The number of fused-ring (bicyclic) bond motifs is 1. The number of amides is 1. The van der Waals surface area contributed by atoms with Gasteiger partial charge in [0.05, 0.1) is 16.7 Å². The number of carbonyl (C=O) groups excluding carboxylic acids is 1. The van der Waals surface area contributed by atoms with Gasteiger partial charge in [0.15, 0.2) is 6.61 Å². The molecule has 1 saturated carbocycles. The van der Waals surface area contributed by atoms with E-state index in [9.17, 15) is 18.3 Å². The molecule has 1 amide bonds. The Morgan fingerprint density at radius 1 is 1.38 bits per heavy atom. The van der Waals surface area contributed by atoms with Crippen molar-refractivity contribution in [1.82, 2.24) is 4.72 Å². The highest BCUT2D eigenvalue weighted by atomic mass is 32.2. The van der Waals surface area contributed by atoms with Crippen molar-refractivity contribution in [2.45, 2.75) is 23.8 Å². The Balaban J connectivity index is 1.73. The van der Waals surface area contributed by atoms with Crippen LogP contribution in [0.25, 0.3) is 0 Å². The van der Waals surface area contributed by atoms with Gasteiger partial charge in [0, 0.05) is 6.54 Å². The van der Waals surface area contributed by atoms with Crippen LogP contribution in [0.2, 0.25) is 0 Å². The number of benzene rings is 1. The second-order valence-electron chi connectivity index (χ2n) is 5.34. The molecule has 1 fully saturated rings. The monoisotopic (exact) mass is 312 g/mol. The van der Waals surface area contributed by atoms with E-state index >= 15 is 0 Å². The van der Waals surface area contributed by atoms with Crippen LogP contribution in [0.4, 0.5) is 5.69 Å². The largest absolute Gasteiger partial charge is 0.482 e. The number of nitrogens with one attached hydrogen (secondary N) is 2. The number of carbonyl (C=O) groups is 1. The molecule has 1 aromatic carbocycles. The number of anilines is 1. The standard InChI is InChI=1S/C13H16N2O5S/c16-9-3-8(4-9)6-14-21(18,19)10-1-2-12-11(5-10)15-13(17)7-20-12/h1-2,5,8-9,14,16H,3-4,6-7H2,(H,15,17). The lowest BCUT2D eigenvalue weighted by Gasteiger charge is -2.31. The molecule has 0 atom stereocenters. The predicted molar refractivity (Wildman–Crippen MR) is 74.5 cm³/mol. The van der Waals surface area contributed by atoms with Crippen molar-refractivity contribution in [1.29, 1.82) is 0 Å². The molecule has 1 aromatic rings. The number of ether oxygens (including phenoxy) is 1. The maximum atomic E-state index is 12.2. The van der Waals surface area contributed by atoms with Crippen molar-refractivity contribution in [2.24, 2.45) is 5.92 Å². The number of aliphatic hydroxyl groups excluding tert-OH is 1. The summed E-state index contributed by atoms with van der Waals surface area (Å²) in [6, 6.07) is 4.34. The SMILES string of the molecule is O=C1COc2ccc(S(=O)(=O)NCC3CC(O)C3)cc2N1. The van der Waals surface area contributed by atoms with Crippen LogP contribution in [0.5, 0.6) is 5.75 Å². The van der Waals surface area contributed by atoms with Gasteiger partial charge in [0.25, 0.3) is 5.91 Å². The van der Waals surface area contributed by atoms with Crippen molar-refractivity contribution in [2.75, 3.05) is 18.5 Å². The summed E-state index contributed by atoms with van der Waals surface area (Å²) in [6.45, 7) is 0.237. The lowest BCUT2D eigenvalue weighted by Crippen LogP contribution is -2.38. The number of aliphatic hydroxyl groups is 1. The molecule has 1 aliphatic carbocycles. The summed E-state index contributed by atoms with van der Waals surface area (Å²) >= 11 is 0. The van der Waals surface area contributed by atoms with E-state index in [2.05, 4.69) is 10.0 Å². The van der Waals surface area contributed by atoms with Crippen molar-refractivity contribution in [3.8, 4) is 5.75 Å². The minimum Gasteiger partial charge on any atom is -0.482 e. The van der Waals surface area contributed by atoms with Gasteiger partial charge in [-0.15, -0.1) is 0 Å². The van der Waals surface area contributed by atoms with Gasteiger partial charge in [-0.05, 0) is 37.0 Å². The zero-order valence-corrected chi connectivity index (χ0v) is 12.0. The van der Waals surface area contributed by atoms with E-state index in [4.69, 9.17) is 4.74 Å². The Bertz CT molecular complexity index is 667. The van der Waals surface area contributed by atoms with Crippen LogP contribution in [0.15, 0.2) is 23.1 Å². The summed E-state index contributed by atoms with van der Waals surface area (Å²) in [5.74, 6) is 0.319. The van der Waals surface area contributed by atoms with Gasteiger partial charge in [0.2, 0.25) is 10.0 Å². The molecule has 1 heterocycles. The average Bonchev–Trinajstić information content (AvgIpc) is 2.41. The second-order valence-corrected chi connectivity index (χ2v) is 7.10. The van der Waals surface area contributed by atoms with Crippen molar-refractivity contribution >= 4 is 21.6 Å². The summed E-state index contributed by atoms with van der Waals surface area (Å²) in [6.07, 6.45) is 0.934. The Kier molecular flexibility index (Phi) is 3.60. The highest BCUT2D eigenvalue weighted by Crippen LogP contribution is 2.30. The third kappa shape index (κ3) is 3.02. The van der Waals surface area contributed by atoms with Crippen LogP contribution in [-0.2, 0) is 14.8 Å². The van der Waals surface area contributed by atoms with E-state index in [1.165, 1.54) is 18.2 Å². The highest BCUT2D eigenvalue weighted by molar-refractivity contribution is 7.89. The molecule has 0 unspecified atom stereocenters. The van der Waals surface area contributed by atoms with Crippen LogP contribution in [0.3, 0.4) is 0 Å². The molecule has 0 radical (unpaired) electrons. The lowest BCUT2D eigenvalue weighted by atomic mass is 9.83. The van der Waals surface area contributed by atoms with E-state index < -0.39 is 10.0 Å². The first-order valence-electron chi connectivity index (χ1n) is 6.68. The molecule has 3 rings (SSSR count). The summed E-state index contributed by atoms with van der Waals surface area (Å²) in [7, 11) is -3.64. The Hall–Kier alpha value is -1.64. The minimum atomic E-state index is -3.64. The zero-order chi connectivity index (χ0) is 15.0. The van der Waals surface area contributed by atoms with Crippen LogP contribution < -0.4 is 14.8 Å². The fourth-order valence-electron chi connectivity index (χ4n) is 2.41. The molecule has 1 aliphatic heterocycles. The van der Waals surface area contributed by atoms with Crippen molar-refractivity contribution in [3.05, 3.63) is 18.2 Å². The molecule has 114 valence electrons. The molecule has 2 aliphatic rings. The molecule has 0 saturated heterocycles. The van der Waals surface area contributed by atoms with Gasteiger partial charge in [0.1, 0.15) is 5.75 Å². The Morgan fingerprint density at radius 3 is 2.86 bits per heavy atom. The first-order valence-corrected chi connectivity index (χ1v) is 8.17. The molecule has 21 heavy (non-hydrogen) atoms. The van der Waals surface area contributed by atoms with Crippen LogP contribution in [-0.4, -0.2) is 38.7 Å². The number of hydrogen-bond donors (Lipinski definition) is 3. The molecule has 0 aromatic heterocycles. The van der Waals surface area contributed by atoms with Crippen LogP contribution in [0.1, 0.15) is 12.8 Å². The average molecular weight is 312 g/mol. The van der Waals surface area contributed by atoms with E-state index in [1.54, 1.807) is 0 Å². The van der Waals surface area contributed by atoms with Gasteiger partial charge in [-0.25, -0.2) is 13.1 Å². The molecule has 0 bridgehead atoms. The summed E-state index contributed by atoms with van der Waals surface area (Å²) in [5.41, 5.74) is 0.355. The van der Waals surface area contributed by atoms with E-state index in [0.29, 0.717) is 30.8 Å². The summed E-state index contributed by atoms with van der Waals surface area (Å²) < 4.78 is 32.1. The molecule has 7 nitrogen and oxygen atoms in total. The van der Waals surface area contributed by atoms with Crippen LogP contribution in [0, 0.1) is 5.92 Å². The number of sulfonamides is 1. The maximum absolute atomic E-state index is 12.2. The minimum absolute atomic E-state index is 0.0681. The fraction of sp³-hybridized carbons (Fsp3) is 0.462. The Morgan fingerprint density at radius 2 is 2.14 bits per heavy atom. The Labute approximate surface area is 122 Å². The van der Waals surface area contributed by atoms with E-state index in [0.717, 1.165) is 0 Å². The normalized spacial score (nSPS) is 24.5. The molecular formula is C13H16N2O5S. The summed E-state index contributed by atoms with van der Waals surface area (Å²) in [4.78, 5) is 11.3. The quantitative estimate of drug-likeness (QED) is 0.729. The smallest absolute Gasteiger partial charge is 0.262 e. The van der Waals surface area contributed by atoms with Crippen molar-refractivity contribution < 1.29 is 23.1 Å². The molecule has 8 heteroatoms. The van der Waals surface area contributed by atoms with Gasteiger partial charge >= 0.3 is 0 Å². The predicted octanol–water partition coefficient (Wildman–Crippen LogP) is 0.0667. The van der Waals surface area contributed by atoms with Gasteiger partial charge in [-0.3, -0.25) is 4.79 Å². The molecular weight excluding hydrogens is 296 g/mol. The van der Waals surface area contributed by atoms with Gasteiger partial charge in [-0.2, -0.15) is 0 Å². The zero-order valence-electron chi connectivity index (χ0n) is 11.2. The first-order chi connectivity index (χ1) is 9.94. The number of rotatable bonds is 4. The van der Waals surface area contributed by atoms with Crippen molar-refractivity contribution in [3.63, 3.8) is 0 Å². The number of hydrogen-bond acceptors (Lipinski definition) is 5. The molecule has 3 N–H and O–H groups in total. The topological polar surface area (TPSA) is 105 Å². The maximum Gasteiger partial charge on any atom is 0.262 e. The first kappa shape index (κ1) is 14.3. The summed E-state index contributed by atoms with van der Waals surface area (Å²) in [5, 5.41) is 11.8. The molecule has 0 spiro atoms. The third-order valence-electron chi connectivity index (χ3n) is 3.67. The van der Waals surface area contributed by atoms with Gasteiger partial charge < -0.3 is 15.2 Å². The van der Waals surface area contributed by atoms with E-state index in [-0.39, 0.29) is 29.4 Å². The highest BCUT2D eigenvalue weighted by Gasteiger charge is 2.29. The lowest BCUT2D eigenvalue weighted by molar-refractivity contribution is -0.118. The van der Waals surface area contributed by atoms with E-state index in [1.807, 2.05) is 0 Å². The third-order valence-corrected chi connectivity index (χ3v) is 5.09.